The van der Waals surface area contributed by atoms with Gasteiger partial charge in [-0.25, -0.2) is 0 Å². The fourth-order valence-corrected chi connectivity index (χ4v) is 2.04. The Balaban J connectivity index is 2.26. The number of ether oxygens (including phenoxy) is 1. The van der Waals surface area contributed by atoms with Crippen LogP contribution in [0.3, 0.4) is 0 Å². The Hall–Kier alpha value is -1.10. The van der Waals surface area contributed by atoms with Crippen LogP contribution < -0.4 is 5.32 Å². The summed E-state index contributed by atoms with van der Waals surface area (Å²) in [6.45, 7) is -0.122. The van der Waals surface area contributed by atoms with Crippen molar-refractivity contribution >= 4 is 11.9 Å². The number of carbonyl (C=O) groups is 2. The second-order valence-corrected chi connectivity index (χ2v) is 4.11. The quantitative estimate of drug-likeness (QED) is 0.676. The van der Waals surface area contributed by atoms with Gasteiger partial charge in [0, 0.05) is 12.5 Å². The van der Waals surface area contributed by atoms with Crippen LogP contribution in [0.15, 0.2) is 0 Å². The Morgan fingerprint density at radius 3 is 2.44 bits per heavy atom. The second-order valence-electron chi connectivity index (χ2n) is 4.11. The summed E-state index contributed by atoms with van der Waals surface area (Å²) < 4.78 is 4.69. The summed E-state index contributed by atoms with van der Waals surface area (Å²) in [5.74, 6) is -0.292. The molecule has 5 nitrogen and oxygen atoms in total. The number of esters is 1. The van der Waals surface area contributed by atoms with Gasteiger partial charge in [0.15, 0.2) is 0 Å². The molecule has 1 fully saturated rings. The molecule has 0 aromatic carbocycles. The number of aliphatic hydroxyl groups is 1. The van der Waals surface area contributed by atoms with Gasteiger partial charge < -0.3 is 15.2 Å². The van der Waals surface area contributed by atoms with Crippen LogP contribution in [0.4, 0.5) is 0 Å². The molecule has 0 aromatic heterocycles. The van der Waals surface area contributed by atoms with E-state index < -0.39 is 0 Å². The number of aliphatic hydroxyl groups excluding tert-OH is 1. The van der Waals surface area contributed by atoms with Gasteiger partial charge in [-0.15, -0.1) is 0 Å². The molecule has 1 aliphatic carbocycles. The zero-order valence-corrected chi connectivity index (χ0v) is 9.57. The van der Waals surface area contributed by atoms with E-state index in [9.17, 15) is 9.59 Å². The fourth-order valence-electron chi connectivity index (χ4n) is 2.04. The molecule has 0 radical (unpaired) electrons. The van der Waals surface area contributed by atoms with Crippen LogP contribution in [0.2, 0.25) is 0 Å². The van der Waals surface area contributed by atoms with Crippen LogP contribution in [0.1, 0.15) is 32.1 Å². The van der Waals surface area contributed by atoms with Gasteiger partial charge in [0.2, 0.25) is 5.91 Å². The predicted octanol–water partition coefficient (Wildman–Crippen LogP) is 0.217. The molecule has 1 amide bonds. The molecular weight excluding hydrogens is 210 g/mol. The highest BCUT2D eigenvalue weighted by atomic mass is 16.5. The van der Waals surface area contributed by atoms with Gasteiger partial charge in [-0.1, -0.05) is 0 Å². The van der Waals surface area contributed by atoms with Crippen LogP contribution >= 0.6 is 0 Å². The normalized spacial score (nSPS) is 24.9. The second kappa shape index (κ2) is 6.48. The average molecular weight is 229 g/mol. The molecule has 0 aliphatic heterocycles. The van der Waals surface area contributed by atoms with Crippen molar-refractivity contribution in [1.29, 1.82) is 0 Å². The number of methoxy groups -OCH3 is 1. The van der Waals surface area contributed by atoms with Gasteiger partial charge in [-0.2, -0.15) is 0 Å². The third-order valence-electron chi connectivity index (χ3n) is 2.97. The molecule has 0 unspecified atom stereocenters. The first-order valence-electron chi connectivity index (χ1n) is 5.65. The van der Waals surface area contributed by atoms with E-state index in [1.165, 1.54) is 7.11 Å². The topological polar surface area (TPSA) is 75.6 Å². The first-order chi connectivity index (χ1) is 7.67. The lowest BCUT2D eigenvalue weighted by molar-refractivity contribution is -0.146. The van der Waals surface area contributed by atoms with Crippen LogP contribution in [0, 0.1) is 5.92 Å². The molecule has 0 heterocycles. The highest BCUT2D eigenvalue weighted by Gasteiger charge is 2.27. The lowest BCUT2D eigenvalue weighted by atomic mass is 9.86. The maximum Gasteiger partial charge on any atom is 0.308 e. The van der Waals surface area contributed by atoms with Gasteiger partial charge in [-0.05, 0) is 25.7 Å². The van der Waals surface area contributed by atoms with Crippen molar-refractivity contribution < 1.29 is 19.4 Å². The predicted molar refractivity (Wildman–Crippen MR) is 57.6 cm³/mol. The fraction of sp³-hybridized carbons (Fsp3) is 0.818. The van der Waals surface area contributed by atoms with Crippen molar-refractivity contribution in [1.82, 2.24) is 5.32 Å². The number of nitrogens with one attached hydrogen (secondary N) is 1. The standard InChI is InChI=1S/C11H19NO4/c1-16-11(15)8-2-4-9(5-3-8)12-10(14)6-7-13/h8-9,13H,2-7H2,1H3,(H,12,14)/t8-,9-. The molecule has 16 heavy (non-hydrogen) atoms. The number of hydrogen-bond donors (Lipinski definition) is 2. The van der Waals surface area contributed by atoms with Crippen molar-refractivity contribution in [3.05, 3.63) is 0 Å². The van der Waals surface area contributed by atoms with E-state index in [-0.39, 0.29) is 36.9 Å². The average Bonchev–Trinajstić information content (AvgIpc) is 2.29. The maximum atomic E-state index is 11.3. The molecule has 92 valence electrons. The monoisotopic (exact) mass is 229 g/mol. The van der Waals surface area contributed by atoms with Crippen molar-refractivity contribution in [3.8, 4) is 0 Å². The summed E-state index contributed by atoms with van der Waals surface area (Å²) in [5, 5.41) is 11.4. The van der Waals surface area contributed by atoms with Gasteiger partial charge >= 0.3 is 5.97 Å². The van der Waals surface area contributed by atoms with Crippen LogP contribution in [0.5, 0.6) is 0 Å². The van der Waals surface area contributed by atoms with Gasteiger partial charge in [0.05, 0.1) is 19.6 Å². The van der Waals surface area contributed by atoms with Gasteiger partial charge in [0.1, 0.15) is 0 Å². The Labute approximate surface area is 95.2 Å². The lowest BCUT2D eigenvalue weighted by Crippen LogP contribution is -2.39. The largest absolute Gasteiger partial charge is 0.469 e. The Morgan fingerprint density at radius 2 is 1.94 bits per heavy atom. The maximum absolute atomic E-state index is 11.3. The molecule has 1 saturated carbocycles. The minimum absolute atomic E-state index is 0.0176. The Kier molecular flexibility index (Phi) is 5.25. The van der Waals surface area contributed by atoms with E-state index >= 15 is 0 Å². The minimum atomic E-state index is -0.153. The van der Waals surface area contributed by atoms with Crippen molar-refractivity contribution in [2.75, 3.05) is 13.7 Å². The lowest BCUT2D eigenvalue weighted by Gasteiger charge is -2.27. The highest BCUT2D eigenvalue weighted by molar-refractivity contribution is 5.76. The van der Waals surface area contributed by atoms with Crippen molar-refractivity contribution in [2.24, 2.45) is 5.92 Å². The summed E-state index contributed by atoms with van der Waals surface area (Å²) in [6, 6.07) is 0.139. The summed E-state index contributed by atoms with van der Waals surface area (Å²) in [5.41, 5.74) is 0. The summed E-state index contributed by atoms with van der Waals surface area (Å²) in [4.78, 5) is 22.5. The van der Waals surface area contributed by atoms with E-state index in [1.807, 2.05) is 0 Å². The molecule has 1 rings (SSSR count). The molecule has 5 heteroatoms. The first kappa shape index (κ1) is 13.0. The number of amides is 1. The van der Waals surface area contributed by atoms with E-state index in [1.54, 1.807) is 0 Å². The summed E-state index contributed by atoms with van der Waals surface area (Å²) in [7, 11) is 1.40. The van der Waals surface area contributed by atoms with E-state index in [2.05, 4.69) is 10.1 Å². The molecule has 0 atom stereocenters. The van der Waals surface area contributed by atoms with E-state index in [4.69, 9.17) is 5.11 Å². The zero-order valence-electron chi connectivity index (χ0n) is 9.57. The molecule has 1 aliphatic rings. The number of rotatable bonds is 4. The van der Waals surface area contributed by atoms with Crippen LogP contribution in [-0.2, 0) is 14.3 Å². The smallest absolute Gasteiger partial charge is 0.308 e. The molecule has 0 aromatic rings. The highest BCUT2D eigenvalue weighted by Crippen LogP contribution is 2.25. The number of hydrogen-bond acceptors (Lipinski definition) is 4. The third-order valence-corrected chi connectivity index (χ3v) is 2.97. The summed E-state index contributed by atoms with van der Waals surface area (Å²) in [6.07, 6.45) is 3.28. The van der Waals surface area contributed by atoms with E-state index in [0.717, 1.165) is 25.7 Å². The Bertz CT molecular complexity index is 246. The number of carbonyl (C=O) groups excluding carboxylic acids is 2. The molecule has 2 N–H and O–H groups in total. The van der Waals surface area contributed by atoms with Gasteiger partial charge in [-0.3, -0.25) is 9.59 Å². The summed E-state index contributed by atoms with van der Waals surface area (Å²) >= 11 is 0. The molecule has 0 spiro atoms. The molecule has 0 saturated heterocycles. The van der Waals surface area contributed by atoms with Crippen LogP contribution in [-0.4, -0.2) is 36.7 Å². The van der Waals surface area contributed by atoms with Crippen molar-refractivity contribution in [2.45, 2.75) is 38.1 Å². The van der Waals surface area contributed by atoms with Crippen molar-refractivity contribution in [3.63, 3.8) is 0 Å². The Morgan fingerprint density at radius 1 is 1.31 bits per heavy atom. The van der Waals surface area contributed by atoms with Gasteiger partial charge in [0.25, 0.3) is 0 Å². The third kappa shape index (κ3) is 3.81. The van der Waals surface area contributed by atoms with E-state index in [0.29, 0.717) is 0 Å². The minimum Gasteiger partial charge on any atom is -0.469 e. The molecular formula is C11H19NO4. The molecule has 0 bridgehead atoms. The zero-order chi connectivity index (χ0) is 12.0. The van der Waals surface area contributed by atoms with Crippen LogP contribution in [0.25, 0.3) is 0 Å². The first-order valence-corrected chi connectivity index (χ1v) is 5.65. The SMILES string of the molecule is COC(=O)[C@H]1CC[C@H](NC(=O)CCO)CC1.